The van der Waals surface area contributed by atoms with Gasteiger partial charge in [-0.2, -0.15) is 0 Å². The van der Waals surface area contributed by atoms with E-state index in [9.17, 15) is 0 Å². The first kappa shape index (κ1) is 17.3. The predicted octanol–water partition coefficient (Wildman–Crippen LogP) is 6.03. The summed E-state index contributed by atoms with van der Waals surface area (Å²) in [6.45, 7) is 3.66. The van der Waals surface area contributed by atoms with E-state index in [1.807, 2.05) is 43.3 Å². The second kappa shape index (κ2) is 8.53. The Balaban J connectivity index is 0.000000200. The summed E-state index contributed by atoms with van der Waals surface area (Å²) in [7, 11) is 0. The van der Waals surface area contributed by atoms with Crippen molar-refractivity contribution in [2.45, 2.75) is 25.3 Å². The van der Waals surface area contributed by atoms with E-state index in [1.54, 1.807) is 19.1 Å². The lowest BCUT2D eigenvalue weighted by Gasteiger charge is -2.02. The van der Waals surface area contributed by atoms with Gasteiger partial charge in [0.05, 0.1) is 11.5 Å². The fraction of sp³-hybridized carbons (Fsp3) is 0.250. The molecule has 4 heteroatoms. The van der Waals surface area contributed by atoms with Gasteiger partial charge < -0.3 is 5.11 Å². The molecular formula is C16H17Cl3O. The summed E-state index contributed by atoms with van der Waals surface area (Å²) < 4.78 is 0. The molecule has 108 valence electrons. The van der Waals surface area contributed by atoms with E-state index in [0.29, 0.717) is 5.02 Å². The van der Waals surface area contributed by atoms with Gasteiger partial charge in [-0.25, -0.2) is 0 Å². The maximum atomic E-state index is 9.07. The highest BCUT2D eigenvalue weighted by Crippen LogP contribution is 2.20. The van der Waals surface area contributed by atoms with Crippen molar-refractivity contribution in [1.29, 1.82) is 0 Å². The zero-order valence-electron chi connectivity index (χ0n) is 11.4. The molecular weight excluding hydrogens is 315 g/mol. The van der Waals surface area contributed by atoms with E-state index in [2.05, 4.69) is 0 Å². The topological polar surface area (TPSA) is 20.2 Å². The quantitative estimate of drug-likeness (QED) is 0.666. The van der Waals surface area contributed by atoms with Gasteiger partial charge in [-0.3, -0.25) is 0 Å². The summed E-state index contributed by atoms with van der Waals surface area (Å²) in [5.41, 5.74) is 2.00. The van der Waals surface area contributed by atoms with Crippen LogP contribution in [0.25, 0.3) is 0 Å². The van der Waals surface area contributed by atoms with Gasteiger partial charge in [0.1, 0.15) is 0 Å². The van der Waals surface area contributed by atoms with Crippen molar-refractivity contribution in [2.75, 3.05) is 0 Å². The summed E-state index contributed by atoms with van der Waals surface area (Å²) in [5.74, 6) is 0. The number of aliphatic hydroxyl groups excluding tert-OH is 1. The number of rotatable bonds is 2. The number of hydrogen-bond acceptors (Lipinski definition) is 1. The average Bonchev–Trinajstić information content (AvgIpc) is 2.40. The molecule has 0 spiro atoms. The number of aliphatic hydroxyl groups is 1. The Kier molecular flexibility index (Phi) is 7.39. The van der Waals surface area contributed by atoms with Crippen LogP contribution in [-0.4, -0.2) is 5.11 Å². The summed E-state index contributed by atoms with van der Waals surface area (Å²) in [6, 6.07) is 14.7. The molecule has 0 aliphatic carbocycles. The normalized spacial score (nSPS) is 13.1. The fourth-order valence-electron chi connectivity index (χ4n) is 1.47. The van der Waals surface area contributed by atoms with Crippen molar-refractivity contribution in [3.8, 4) is 0 Å². The van der Waals surface area contributed by atoms with Gasteiger partial charge in [-0.15, -0.1) is 11.6 Å². The first-order chi connectivity index (χ1) is 9.40. The standard InChI is InChI=1S/C8H8Cl2.C8H9ClO/c1-6(9)7-2-4-8(10)5-3-7;1-6(10)7-2-4-8(9)5-3-7/h2-6H,1H3;2-6,10H,1H3. The van der Waals surface area contributed by atoms with E-state index in [-0.39, 0.29) is 5.38 Å². The monoisotopic (exact) mass is 330 g/mol. The zero-order valence-corrected chi connectivity index (χ0v) is 13.6. The van der Waals surface area contributed by atoms with E-state index in [1.165, 1.54) is 0 Å². The van der Waals surface area contributed by atoms with Crippen molar-refractivity contribution < 1.29 is 5.11 Å². The molecule has 2 unspecified atom stereocenters. The van der Waals surface area contributed by atoms with Crippen LogP contribution in [0.4, 0.5) is 0 Å². The SMILES string of the molecule is CC(Cl)c1ccc(Cl)cc1.CC(O)c1ccc(Cl)cc1. The van der Waals surface area contributed by atoms with Gasteiger partial charge in [0.25, 0.3) is 0 Å². The maximum Gasteiger partial charge on any atom is 0.0761 e. The zero-order chi connectivity index (χ0) is 15.1. The fourth-order valence-corrected chi connectivity index (χ4v) is 1.87. The van der Waals surface area contributed by atoms with E-state index in [4.69, 9.17) is 39.9 Å². The second-order valence-electron chi connectivity index (χ2n) is 4.40. The van der Waals surface area contributed by atoms with Gasteiger partial charge in [0.2, 0.25) is 0 Å². The highest BCUT2D eigenvalue weighted by atomic mass is 35.5. The minimum atomic E-state index is -0.405. The molecule has 0 bridgehead atoms. The lowest BCUT2D eigenvalue weighted by Crippen LogP contribution is -1.88. The largest absolute Gasteiger partial charge is 0.389 e. The number of halogens is 3. The molecule has 0 saturated carbocycles. The average molecular weight is 332 g/mol. The van der Waals surface area contributed by atoms with Crippen LogP contribution in [0.1, 0.15) is 36.5 Å². The van der Waals surface area contributed by atoms with Gasteiger partial charge in [-0.05, 0) is 49.2 Å². The molecule has 0 aliphatic heterocycles. The molecule has 0 radical (unpaired) electrons. The molecule has 1 nitrogen and oxygen atoms in total. The molecule has 0 fully saturated rings. The van der Waals surface area contributed by atoms with Crippen LogP contribution in [-0.2, 0) is 0 Å². The molecule has 2 atom stereocenters. The number of alkyl halides is 1. The van der Waals surface area contributed by atoms with Crippen molar-refractivity contribution in [3.63, 3.8) is 0 Å². The Morgan fingerprint density at radius 3 is 1.40 bits per heavy atom. The smallest absolute Gasteiger partial charge is 0.0761 e. The molecule has 20 heavy (non-hydrogen) atoms. The van der Waals surface area contributed by atoms with Crippen LogP contribution >= 0.6 is 34.8 Å². The Morgan fingerprint density at radius 2 is 1.10 bits per heavy atom. The van der Waals surface area contributed by atoms with Gasteiger partial charge in [0, 0.05) is 10.0 Å². The highest BCUT2D eigenvalue weighted by molar-refractivity contribution is 6.30. The number of hydrogen-bond donors (Lipinski definition) is 1. The third-order valence-corrected chi connectivity index (χ3v) is 3.44. The predicted molar refractivity (Wildman–Crippen MR) is 87.8 cm³/mol. The minimum Gasteiger partial charge on any atom is -0.389 e. The molecule has 2 rings (SSSR count). The summed E-state index contributed by atoms with van der Waals surface area (Å²) >= 11 is 17.1. The van der Waals surface area contributed by atoms with Crippen LogP contribution in [0.15, 0.2) is 48.5 Å². The van der Waals surface area contributed by atoms with Gasteiger partial charge in [-0.1, -0.05) is 47.5 Å². The van der Waals surface area contributed by atoms with Crippen molar-refractivity contribution in [1.82, 2.24) is 0 Å². The van der Waals surface area contributed by atoms with E-state index < -0.39 is 6.10 Å². The second-order valence-corrected chi connectivity index (χ2v) is 5.92. The van der Waals surface area contributed by atoms with Crippen molar-refractivity contribution in [2.24, 2.45) is 0 Å². The van der Waals surface area contributed by atoms with Crippen LogP contribution in [0.3, 0.4) is 0 Å². The summed E-state index contributed by atoms with van der Waals surface area (Å²) in [6.07, 6.45) is -0.405. The Bertz CT molecular complexity index is 455. The lowest BCUT2D eigenvalue weighted by molar-refractivity contribution is 0.199. The molecule has 0 heterocycles. The van der Waals surface area contributed by atoms with Crippen LogP contribution in [0.2, 0.25) is 10.0 Å². The van der Waals surface area contributed by atoms with Gasteiger partial charge in [0.15, 0.2) is 0 Å². The molecule has 0 aromatic heterocycles. The molecule has 0 saturated heterocycles. The lowest BCUT2D eigenvalue weighted by atomic mass is 10.1. The van der Waals surface area contributed by atoms with Crippen LogP contribution < -0.4 is 0 Å². The molecule has 0 aliphatic rings. The van der Waals surface area contributed by atoms with E-state index in [0.717, 1.165) is 16.1 Å². The van der Waals surface area contributed by atoms with Crippen LogP contribution in [0, 0.1) is 0 Å². The maximum absolute atomic E-state index is 9.07. The van der Waals surface area contributed by atoms with Gasteiger partial charge >= 0.3 is 0 Å². The van der Waals surface area contributed by atoms with E-state index >= 15 is 0 Å². The van der Waals surface area contributed by atoms with Crippen LogP contribution in [0.5, 0.6) is 0 Å². The highest BCUT2D eigenvalue weighted by Gasteiger charge is 1.98. The third-order valence-electron chi connectivity index (χ3n) is 2.68. The summed E-state index contributed by atoms with van der Waals surface area (Å²) in [4.78, 5) is 0. The first-order valence-electron chi connectivity index (χ1n) is 6.23. The first-order valence-corrected chi connectivity index (χ1v) is 7.42. The Labute approximate surface area is 135 Å². The molecule has 1 N–H and O–H groups in total. The molecule has 2 aromatic rings. The third kappa shape index (κ3) is 6.15. The number of benzene rings is 2. The van der Waals surface area contributed by atoms with Crippen molar-refractivity contribution >= 4 is 34.8 Å². The Morgan fingerprint density at radius 1 is 0.750 bits per heavy atom. The summed E-state index contributed by atoms with van der Waals surface area (Å²) in [5, 5.41) is 10.6. The Hall–Kier alpha value is -0.730. The minimum absolute atomic E-state index is 0.0669. The molecule has 0 amide bonds. The van der Waals surface area contributed by atoms with Crippen molar-refractivity contribution in [3.05, 3.63) is 69.7 Å². The molecule has 2 aromatic carbocycles.